The van der Waals surface area contributed by atoms with Crippen molar-refractivity contribution in [3.8, 4) is 0 Å². The molecule has 2 N–H and O–H groups in total. The van der Waals surface area contributed by atoms with Gasteiger partial charge >= 0.3 is 0 Å². The minimum Gasteiger partial charge on any atom is -0.346 e. The molecule has 0 aliphatic rings. The van der Waals surface area contributed by atoms with Gasteiger partial charge in [-0.25, -0.2) is 12.8 Å². The van der Waals surface area contributed by atoms with E-state index in [4.69, 9.17) is 0 Å². The number of nitrogens with one attached hydrogen (secondary N) is 2. The smallest absolute Gasteiger partial charge is 0.261 e. The molecule has 3 aromatic rings. The SMILES string of the molecule is Cc1ccc(S(=O)(=O)Nc2ccc(F)cc2)cc1C(=O)NCc1ccccn1. The van der Waals surface area contributed by atoms with Crippen molar-refractivity contribution >= 4 is 21.6 Å². The Bertz CT molecular complexity index is 1090. The number of sulfonamides is 1. The van der Waals surface area contributed by atoms with Crippen LogP contribution in [-0.2, 0) is 16.6 Å². The maximum absolute atomic E-state index is 13.0. The highest BCUT2D eigenvalue weighted by molar-refractivity contribution is 7.92. The number of pyridine rings is 1. The number of nitrogens with zero attached hydrogens (tertiary/aromatic N) is 1. The number of anilines is 1. The molecule has 0 saturated carbocycles. The lowest BCUT2D eigenvalue weighted by atomic mass is 10.1. The van der Waals surface area contributed by atoms with E-state index in [0.29, 0.717) is 11.3 Å². The minimum atomic E-state index is -3.93. The molecule has 2 aromatic carbocycles. The molecule has 8 heteroatoms. The zero-order valence-corrected chi connectivity index (χ0v) is 15.8. The summed E-state index contributed by atoms with van der Waals surface area (Å²) in [6, 6.07) is 14.6. The topological polar surface area (TPSA) is 88.2 Å². The molecular formula is C20H18FN3O3S. The van der Waals surface area contributed by atoms with Gasteiger partial charge in [0.25, 0.3) is 15.9 Å². The quantitative estimate of drug-likeness (QED) is 0.666. The molecule has 0 saturated heterocycles. The summed E-state index contributed by atoms with van der Waals surface area (Å²) in [5.41, 5.74) is 1.80. The average Bonchev–Trinajstić information content (AvgIpc) is 2.69. The largest absolute Gasteiger partial charge is 0.346 e. The van der Waals surface area contributed by atoms with Crippen LogP contribution in [0.3, 0.4) is 0 Å². The minimum absolute atomic E-state index is 0.0644. The van der Waals surface area contributed by atoms with Gasteiger partial charge in [0.15, 0.2) is 0 Å². The van der Waals surface area contributed by atoms with E-state index in [2.05, 4.69) is 15.0 Å². The number of aromatic nitrogens is 1. The predicted molar refractivity (Wildman–Crippen MR) is 104 cm³/mol. The van der Waals surface area contributed by atoms with Gasteiger partial charge in [0.05, 0.1) is 17.1 Å². The average molecular weight is 399 g/mol. The lowest BCUT2D eigenvalue weighted by Gasteiger charge is -2.12. The fourth-order valence-electron chi connectivity index (χ4n) is 2.51. The number of hydrogen-bond donors (Lipinski definition) is 2. The molecular weight excluding hydrogens is 381 g/mol. The van der Waals surface area contributed by atoms with Gasteiger partial charge < -0.3 is 5.32 Å². The fraction of sp³-hybridized carbons (Fsp3) is 0.100. The summed E-state index contributed by atoms with van der Waals surface area (Å²) in [7, 11) is -3.93. The van der Waals surface area contributed by atoms with Gasteiger partial charge in [-0.2, -0.15) is 0 Å². The highest BCUT2D eigenvalue weighted by Crippen LogP contribution is 2.19. The van der Waals surface area contributed by atoms with Crippen LogP contribution in [0.1, 0.15) is 21.6 Å². The van der Waals surface area contributed by atoms with Crippen molar-refractivity contribution in [2.75, 3.05) is 4.72 Å². The zero-order chi connectivity index (χ0) is 20.1. The second-order valence-corrected chi connectivity index (χ2v) is 7.78. The first-order valence-corrected chi connectivity index (χ1v) is 9.90. The molecule has 0 fully saturated rings. The number of hydrogen-bond acceptors (Lipinski definition) is 4. The number of amides is 1. The first-order chi connectivity index (χ1) is 13.3. The molecule has 0 radical (unpaired) electrons. The van der Waals surface area contributed by atoms with Crippen molar-refractivity contribution in [3.63, 3.8) is 0 Å². The second kappa shape index (κ2) is 8.18. The third kappa shape index (κ3) is 4.72. The Morgan fingerprint density at radius 1 is 1.07 bits per heavy atom. The molecule has 0 spiro atoms. The number of halogens is 1. The second-order valence-electron chi connectivity index (χ2n) is 6.09. The first-order valence-electron chi connectivity index (χ1n) is 8.42. The first kappa shape index (κ1) is 19.5. The monoisotopic (exact) mass is 399 g/mol. The van der Waals surface area contributed by atoms with Gasteiger partial charge in [0.1, 0.15) is 5.82 Å². The van der Waals surface area contributed by atoms with Crippen molar-refractivity contribution in [2.24, 2.45) is 0 Å². The molecule has 0 unspecified atom stereocenters. The molecule has 1 aromatic heterocycles. The van der Waals surface area contributed by atoms with Crippen molar-refractivity contribution in [2.45, 2.75) is 18.4 Å². The van der Waals surface area contributed by atoms with Crippen LogP contribution in [0, 0.1) is 12.7 Å². The van der Waals surface area contributed by atoms with Crippen LogP contribution >= 0.6 is 0 Å². The van der Waals surface area contributed by atoms with Crippen LogP contribution in [0.5, 0.6) is 0 Å². The number of benzene rings is 2. The third-order valence-corrected chi connectivity index (χ3v) is 5.40. The predicted octanol–water partition coefficient (Wildman–Crippen LogP) is 3.26. The summed E-state index contributed by atoms with van der Waals surface area (Å²) in [5, 5.41) is 2.73. The zero-order valence-electron chi connectivity index (χ0n) is 15.0. The van der Waals surface area contributed by atoms with Crippen molar-refractivity contribution in [3.05, 3.63) is 89.5 Å². The van der Waals surface area contributed by atoms with Gasteiger partial charge in [-0.05, 0) is 61.0 Å². The lowest BCUT2D eigenvalue weighted by Crippen LogP contribution is -2.24. The van der Waals surface area contributed by atoms with E-state index in [1.165, 1.54) is 24.3 Å². The van der Waals surface area contributed by atoms with Crippen LogP contribution in [0.15, 0.2) is 71.8 Å². The molecule has 0 atom stereocenters. The van der Waals surface area contributed by atoms with Gasteiger partial charge in [0, 0.05) is 17.4 Å². The van der Waals surface area contributed by atoms with E-state index in [1.54, 1.807) is 31.3 Å². The summed E-state index contributed by atoms with van der Waals surface area (Å²) in [5.74, 6) is -0.868. The Morgan fingerprint density at radius 2 is 1.82 bits per heavy atom. The number of aryl methyl sites for hydroxylation is 1. The normalized spacial score (nSPS) is 11.1. The Hall–Kier alpha value is -3.26. The van der Waals surface area contributed by atoms with Crippen LogP contribution in [0.25, 0.3) is 0 Å². The molecule has 1 amide bonds. The van der Waals surface area contributed by atoms with Gasteiger partial charge in [-0.1, -0.05) is 12.1 Å². The molecule has 28 heavy (non-hydrogen) atoms. The van der Waals surface area contributed by atoms with Gasteiger partial charge in [-0.3, -0.25) is 14.5 Å². The Balaban J connectivity index is 1.79. The van der Waals surface area contributed by atoms with Crippen molar-refractivity contribution < 1.29 is 17.6 Å². The third-order valence-electron chi connectivity index (χ3n) is 4.02. The molecule has 0 bridgehead atoms. The van der Waals surface area contributed by atoms with E-state index in [-0.39, 0.29) is 22.7 Å². The summed E-state index contributed by atoms with van der Waals surface area (Å²) in [6.45, 7) is 1.95. The molecule has 1 heterocycles. The molecule has 3 rings (SSSR count). The standard InChI is InChI=1S/C20H18FN3O3S/c1-14-5-10-18(28(26,27)24-16-8-6-15(21)7-9-16)12-19(14)20(25)23-13-17-4-2-3-11-22-17/h2-12,24H,13H2,1H3,(H,23,25). The van der Waals surface area contributed by atoms with E-state index >= 15 is 0 Å². The van der Waals surface area contributed by atoms with Crippen molar-refractivity contribution in [1.29, 1.82) is 0 Å². The Kier molecular flexibility index (Phi) is 5.70. The van der Waals surface area contributed by atoms with Crippen LogP contribution in [0.4, 0.5) is 10.1 Å². The van der Waals surface area contributed by atoms with E-state index in [0.717, 1.165) is 12.1 Å². The van der Waals surface area contributed by atoms with Crippen LogP contribution < -0.4 is 10.0 Å². The highest BCUT2D eigenvalue weighted by Gasteiger charge is 2.18. The van der Waals surface area contributed by atoms with Gasteiger partial charge in [-0.15, -0.1) is 0 Å². The Morgan fingerprint density at radius 3 is 2.50 bits per heavy atom. The molecule has 6 nitrogen and oxygen atoms in total. The summed E-state index contributed by atoms with van der Waals surface area (Å²) >= 11 is 0. The maximum atomic E-state index is 13.0. The summed E-state index contributed by atoms with van der Waals surface area (Å²) in [4.78, 5) is 16.6. The van der Waals surface area contributed by atoms with E-state index in [9.17, 15) is 17.6 Å². The lowest BCUT2D eigenvalue weighted by molar-refractivity contribution is 0.0949. The van der Waals surface area contributed by atoms with Crippen LogP contribution in [0.2, 0.25) is 0 Å². The van der Waals surface area contributed by atoms with E-state index in [1.807, 2.05) is 6.07 Å². The molecule has 144 valence electrons. The number of carbonyl (C=O) groups excluding carboxylic acids is 1. The molecule has 0 aliphatic carbocycles. The fourth-order valence-corrected chi connectivity index (χ4v) is 3.60. The summed E-state index contributed by atoms with van der Waals surface area (Å²) < 4.78 is 40.6. The molecule has 0 aliphatic heterocycles. The Labute approximate surface area is 162 Å². The van der Waals surface area contributed by atoms with E-state index < -0.39 is 21.7 Å². The summed E-state index contributed by atoms with van der Waals surface area (Å²) in [6.07, 6.45) is 1.63. The highest BCUT2D eigenvalue weighted by atomic mass is 32.2. The maximum Gasteiger partial charge on any atom is 0.261 e. The number of carbonyl (C=O) groups is 1. The van der Waals surface area contributed by atoms with Crippen LogP contribution in [-0.4, -0.2) is 19.3 Å². The number of rotatable bonds is 6. The van der Waals surface area contributed by atoms with Crippen molar-refractivity contribution in [1.82, 2.24) is 10.3 Å². The van der Waals surface area contributed by atoms with Gasteiger partial charge in [0.2, 0.25) is 0 Å².